The first-order chi connectivity index (χ1) is 4.45. The molecular formula is C6H15ClN2O2. The zero-order chi connectivity index (χ0) is 8.20. The number of ether oxygens (including phenoxy) is 1. The van der Waals surface area contributed by atoms with E-state index in [1.54, 1.807) is 20.8 Å². The lowest BCUT2D eigenvalue weighted by Gasteiger charge is -2.18. The number of halogens is 1. The average Bonchev–Trinajstić information content (AvgIpc) is 1.59. The number of nitrogens with one attached hydrogen (secondary N) is 1. The lowest BCUT2D eigenvalue weighted by Crippen LogP contribution is -2.34. The minimum Gasteiger partial charge on any atom is -0.459 e. The van der Waals surface area contributed by atoms with E-state index < -0.39 is 5.60 Å². The van der Waals surface area contributed by atoms with Crippen LogP contribution < -0.4 is 11.3 Å². The third-order valence-corrected chi connectivity index (χ3v) is 0.666. The van der Waals surface area contributed by atoms with E-state index in [-0.39, 0.29) is 24.9 Å². The lowest BCUT2D eigenvalue weighted by molar-refractivity contribution is -0.153. The number of carbonyl (C=O) groups is 1. The number of esters is 1. The predicted molar refractivity (Wildman–Crippen MR) is 45.3 cm³/mol. The minimum atomic E-state index is -0.423. The molecule has 0 aromatic carbocycles. The van der Waals surface area contributed by atoms with Crippen molar-refractivity contribution in [2.24, 2.45) is 5.84 Å². The van der Waals surface area contributed by atoms with E-state index in [9.17, 15) is 4.79 Å². The Morgan fingerprint density at radius 1 is 1.55 bits per heavy atom. The summed E-state index contributed by atoms with van der Waals surface area (Å²) in [6.45, 7) is 5.47. The number of hydrogen-bond acceptors (Lipinski definition) is 4. The van der Waals surface area contributed by atoms with Crippen molar-refractivity contribution in [1.82, 2.24) is 5.43 Å². The number of carbonyl (C=O) groups excluding carboxylic acids is 1. The van der Waals surface area contributed by atoms with Crippen molar-refractivity contribution in [3.05, 3.63) is 0 Å². The maximum absolute atomic E-state index is 10.7. The topological polar surface area (TPSA) is 64.3 Å². The van der Waals surface area contributed by atoms with Crippen molar-refractivity contribution in [3.8, 4) is 0 Å². The van der Waals surface area contributed by atoms with E-state index in [0.717, 1.165) is 0 Å². The average molecular weight is 183 g/mol. The van der Waals surface area contributed by atoms with Crippen LogP contribution in [0.1, 0.15) is 20.8 Å². The van der Waals surface area contributed by atoms with Crippen molar-refractivity contribution < 1.29 is 9.53 Å². The van der Waals surface area contributed by atoms with Gasteiger partial charge in [0.15, 0.2) is 0 Å². The van der Waals surface area contributed by atoms with Crippen LogP contribution in [0.3, 0.4) is 0 Å². The van der Waals surface area contributed by atoms with Crippen molar-refractivity contribution in [2.45, 2.75) is 26.4 Å². The fraction of sp³-hybridized carbons (Fsp3) is 0.833. The molecule has 0 unspecified atom stereocenters. The smallest absolute Gasteiger partial charge is 0.321 e. The SMILES string of the molecule is CC(C)(C)OC(=O)CNN.Cl. The Morgan fingerprint density at radius 3 is 2.27 bits per heavy atom. The first-order valence-corrected chi connectivity index (χ1v) is 3.11. The molecule has 0 spiro atoms. The summed E-state index contributed by atoms with van der Waals surface area (Å²) in [4.78, 5) is 10.7. The van der Waals surface area contributed by atoms with Crippen LogP contribution >= 0.6 is 12.4 Å². The molecule has 11 heavy (non-hydrogen) atoms. The zero-order valence-corrected chi connectivity index (χ0v) is 7.83. The van der Waals surface area contributed by atoms with Gasteiger partial charge in [-0.15, -0.1) is 12.4 Å². The van der Waals surface area contributed by atoms with E-state index in [4.69, 9.17) is 10.6 Å². The highest BCUT2D eigenvalue weighted by molar-refractivity contribution is 5.85. The minimum absolute atomic E-state index is 0. The second-order valence-corrected chi connectivity index (χ2v) is 2.97. The summed E-state index contributed by atoms with van der Waals surface area (Å²) < 4.78 is 4.90. The molecule has 0 aromatic heterocycles. The van der Waals surface area contributed by atoms with E-state index in [1.165, 1.54) is 0 Å². The Morgan fingerprint density at radius 2 is 2.00 bits per heavy atom. The highest BCUT2D eigenvalue weighted by atomic mass is 35.5. The molecule has 0 aliphatic heterocycles. The van der Waals surface area contributed by atoms with Crippen molar-refractivity contribution in [2.75, 3.05) is 6.54 Å². The molecular weight excluding hydrogens is 168 g/mol. The standard InChI is InChI=1S/C6H14N2O2.ClH/c1-6(2,3)10-5(9)4-8-7;/h8H,4,7H2,1-3H3;1H. The van der Waals surface area contributed by atoms with Gasteiger partial charge in [0.25, 0.3) is 0 Å². The normalized spacial score (nSPS) is 10.2. The van der Waals surface area contributed by atoms with Gasteiger partial charge in [0.05, 0.1) is 0 Å². The third kappa shape index (κ3) is 9.68. The number of nitrogens with two attached hydrogens (primary N) is 1. The second kappa shape index (κ2) is 5.35. The lowest BCUT2D eigenvalue weighted by atomic mass is 10.2. The van der Waals surface area contributed by atoms with Gasteiger partial charge in [-0.25, -0.2) is 5.43 Å². The Bertz CT molecular complexity index is 122. The molecule has 0 aromatic rings. The Hall–Kier alpha value is -0.320. The van der Waals surface area contributed by atoms with Gasteiger partial charge in [-0.05, 0) is 20.8 Å². The molecule has 0 heterocycles. The van der Waals surface area contributed by atoms with Crippen LogP contribution in [0.15, 0.2) is 0 Å². The second-order valence-electron chi connectivity index (χ2n) is 2.97. The van der Waals surface area contributed by atoms with Crippen molar-refractivity contribution >= 4 is 18.4 Å². The Balaban J connectivity index is 0. The van der Waals surface area contributed by atoms with Gasteiger partial charge in [-0.2, -0.15) is 0 Å². The van der Waals surface area contributed by atoms with Crippen LogP contribution in [0, 0.1) is 0 Å². The molecule has 68 valence electrons. The van der Waals surface area contributed by atoms with E-state index in [2.05, 4.69) is 5.43 Å². The van der Waals surface area contributed by atoms with Gasteiger partial charge in [0.1, 0.15) is 12.1 Å². The molecule has 4 nitrogen and oxygen atoms in total. The Labute approximate surface area is 72.9 Å². The van der Waals surface area contributed by atoms with Gasteiger partial charge in [-0.3, -0.25) is 10.6 Å². The van der Waals surface area contributed by atoms with Crippen LogP contribution in [0.2, 0.25) is 0 Å². The summed E-state index contributed by atoms with van der Waals surface area (Å²) in [5.74, 6) is 4.56. The summed E-state index contributed by atoms with van der Waals surface area (Å²) in [5.41, 5.74) is 1.79. The van der Waals surface area contributed by atoms with E-state index in [0.29, 0.717) is 0 Å². The van der Waals surface area contributed by atoms with Gasteiger partial charge < -0.3 is 4.74 Å². The van der Waals surface area contributed by atoms with Crippen LogP contribution in [0.4, 0.5) is 0 Å². The van der Waals surface area contributed by atoms with E-state index in [1.807, 2.05) is 0 Å². The Kier molecular flexibility index (Phi) is 6.46. The summed E-state index contributed by atoms with van der Waals surface area (Å²) in [7, 11) is 0. The molecule has 0 fully saturated rings. The molecule has 0 aliphatic carbocycles. The summed E-state index contributed by atoms with van der Waals surface area (Å²) in [5, 5.41) is 0. The number of rotatable bonds is 2. The molecule has 0 bridgehead atoms. The molecule has 0 aliphatic rings. The summed E-state index contributed by atoms with van der Waals surface area (Å²) in [6, 6.07) is 0. The quantitative estimate of drug-likeness (QED) is 0.364. The van der Waals surface area contributed by atoms with Gasteiger partial charge >= 0.3 is 5.97 Å². The summed E-state index contributed by atoms with van der Waals surface area (Å²) in [6.07, 6.45) is 0. The zero-order valence-electron chi connectivity index (χ0n) is 7.01. The number of hydrogen-bond donors (Lipinski definition) is 2. The molecule has 0 saturated carbocycles. The van der Waals surface area contributed by atoms with Crippen LogP contribution in [-0.4, -0.2) is 18.1 Å². The highest BCUT2D eigenvalue weighted by Crippen LogP contribution is 2.05. The fourth-order valence-electron chi connectivity index (χ4n) is 0.461. The predicted octanol–water partition coefficient (Wildman–Crippen LogP) is 0.213. The van der Waals surface area contributed by atoms with Crippen molar-refractivity contribution in [1.29, 1.82) is 0 Å². The molecule has 0 saturated heterocycles. The number of hydrazine groups is 1. The largest absolute Gasteiger partial charge is 0.459 e. The van der Waals surface area contributed by atoms with Crippen LogP contribution in [0.25, 0.3) is 0 Å². The molecule has 3 N–H and O–H groups in total. The van der Waals surface area contributed by atoms with Gasteiger partial charge in [-0.1, -0.05) is 0 Å². The summed E-state index contributed by atoms with van der Waals surface area (Å²) >= 11 is 0. The molecule has 0 amide bonds. The third-order valence-electron chi connectivity index (χ3n) is 0.666. The molecule has 0 rings (SSSR count). The molecule has 5 heteroatoms. The van der Waals surface area contributed by atoms with Crippen molar-refractivity contribution in [3.63, 3.8) is 0 Å². The highest BCUT2D eigenvalue weighted by Gasteiger charge is 2.14. The first kappa shape index (κ1) is 13.3. The monoisotopic (exact) mass is 182 g/mol. The van der Waals surface area contributed by atoms with Crippen LogP contribution in [-0.2, 0) is 9.53 Å². The van der Waals surface area contributed by atoms with Crippen LogP contribution in [0.5, 0.6) is 0 Å². The molecule has 0 atom stereocenters. The van der Waals surface area contributed by atoms with E-state index >= 15 is 0 Å². The van der Waals surface area contributed by atoms with Gasteiger partial charge in [0.2, 0.25) is 0 Å². The maximum Gasteiger partial charge on any atom is 0.321 e. The van der Waals surface area contributed by atoms with Gasteiger partial charge in [0, 0.05) is 0 Å². The first-order valence-electron chi connectivity index (χ1n) is 3.11. The molecule has 0 radical (unpaired) electrons. The maximum atomic E-state index is 10.7. The fourth-order valence-corrected chi connectivity index (χ4v) is 0.461.